The van der Waals surface area contributed by atoms with E-state index in [0.717, 1.165) is 41.1 Å². The fourth-order valence-electron chi connectivity index (χ4n) is 1.71. The average molecular weight is 364 g/mol. The summed E-state index contributed by atoms with van der Waals surface area (Å²) in [7, 11) is 1.66. The molecular weight excluding hydrogens is 343 g/mol. The number of nitrogen functional groups attached to an aromatic ring is 1. The Labute approximate surface area is 122 Å². The molecule has 0 aliphatic heterocycles. The van der Waals surface area contributed by atoms with Gasteiger partial charge in [0.1, 0.15) is 11.6 Å². The summed E-state index contributed by atoms with van der Waals surface area (Å²) in [5.74, 6) is 1.35. The van der Waals surface area contributed by atoms with Gasteiger partial charge in [-0.3, -0.25) is 0 Å². The molecule has 2 N–H and O–H groups in total. The maximum atomic E-state index is 5.90. The van der Waals surface area contributed by atoms with Crippen LogP contribution in [0.25, 0.3) is 0 Å². The molecule has 0 fully saturated rings. The zero-order chi connectivity index (χ0) is 13.5. The van der Waals surface area contributed by atoms with E-state index in [-0.39, 0.29) is 0 Å². The molecule has 0 saturated heterocycles. The zero-order valence-electron chi connectivity index (χ0n) is 11.2. The molecule has 0 spiro atoms. The van der Waals surface area contributed by atoms with Crippen LogP contribution in [0.3, 0.4) is 0 Å². The number of likely N-dealkylation sites (N-methyl/N-ethyl adjacent to an activating group) is 1. The molecule has 1 rings (SSSR count). The predicted octanol–water partition coefficient (Wildman–Crippen LogP) is 1.69. The lowest BCUT2D eigenvalue weighted by atomic mass is 10.3. The van der Waals surface area contributed by atoms with Gasteiger partial charge in [-0.25, -0.2) is 9.97 Å². The molecule has 18 heavy (non-hydrogen) atoms. The summed E-state index contributed by atoms with van der Waals surface area (Å²) in [5.41, 5.74) is 6.77. The van der Waals surface area contributed by atoms with Crippen LogP contribution in [0.2, 0.25) is 0 Å². The van der Waals surface area contributed by atoms with Crippen molar-refractivity contribution in [1.29, 1.82) is 0 Å². The second kappa shape index (κ2) is 7.85. The van der Waals surface area contributed by atoms with Crippen LogP contribution in [0.4, 0.5) is 5.82 Å². The normalized spacial score (nSPS) is 11.2. The van der Waals surface area contributed by atoms with Gasteiger partial charge in [0, 0.05) is 20.1 Å². The molecule has 1 aromatic rings. The third kappa shape index (κ3) is 4.33. The first-order valence-corrected chi connectivity index (χ1v) is 7.22. The van der Waals surface area contributed by atoms with E-state index in [4.69, 9.17) is 10.5 Å². The highest BCUT2D eigenvalue weighted by Gasteiger charge is 2.10. The third-order valence-corrected chi connectivity index (χ3v) is 3.99. The molecule has 0 amide bonds. The molecule has 0 saturated carbocycles. The van der Waals surface area contributed by atoms with Gasteiger partial charge >= 0.3 is 0 Å². The first kappa shape index (κ1) is 15.6. The molecule has 0 bridgehead atoms. The average Bonchev–Trinajstić information content (AvgIpc) is 2.36. The van der Waals surface area contributed by atoms with Crippen LogP contribution in [-0.2, 0) is 17.8 Å². The minimum atomic E-state index is 0.475. The maximum absolute atomic E-state index is 5.90. The second-order valence-corrected chi connectivity index (χ2v) is 5.07. The Balaban J connectivity index is 2.77. The molecule has 0 atom stereocenters. The van der Waals surface area contributed by atoms with E-state index in [9.17, 15) is 0 Å². The highest BCUT2D eigenvalue weighted by atomic mass is 127. The summed E-state index contributed by atoms with van der Waals surface area (Å²) in [4.78, 5) is 11.2. The quantitative estimate of drug-likeness (QED) is 0.746. The lowest BCUT2D eigenvalue weighted by molar-refractivity contribution is 0.180. The summed E-state index contributed by atoms with van der Waals surface area (Å²) in [6, 6.07) is 0. The highest BCUT2D eigenvalue weighted by molar-refractivity contribution is 14.1. The summed E-state index contributed by atoms with van der Waals surface area (Å²) < 4.78 is 6.02. The van der Waals surface area contributed by atoms with E-state index >= 15 is 0 Å². The van der Waals surface area contributed by atoms with Crippen LogP contribution in [0.1, 0.15) is 25.4 Å². The molecule has 5 nitrogen and oxygen atoms in total. The van der Waals surface area contributed by atoms with Crippen molar-refractivity contribution in [2.45, 2.75) is 26.9 Å². The van der Waals surface area contributed by atoms with Crippen molar-refractivity contribution in [3.05, 3.63) is 15.1 Å². The molecular formula is C12H21IN4O. The number of ether oxygens (including phenoxy) is 1. The van der Waals surface area contributed by atoms with Crippen LogP contribution < -0.4 is 5.73 Å². The fraction of sp³-hybridized carbons (Fsp3) is 0.667. The van der Waals surface area contributed by atoms with E-state index < -0.39 is 0 Å². The molecule has 1 aromatic heterocycles. The molecule has 0 aromatic carbocycles. The van der Waals surface area contributed by atoms with Crippen LogP contribution in [0.15, 0.2) is 0 Å². The van der Waals surface area contributed by atoms with Crippen LogP contribution in [0, 0.1) is 3.57 Å². The lowest BCUT2D eigenvalue weighted by Crippen LogP contribution is -2.26. The van der Waals surface area contributed by atoms with E-state index in [2.05, 4.69) is 51.3 Å². The van der Waals surface area contributed by atoms with Gasteiger partial charge in [0.25, 0.3) is 0 Å². The number of hydrogen-bond donors (Lipinski definition) is 1. The van der Waals surface area contributed by atoms with Gasteiger partial charge in [-0.2, -0.15) is 0 Å². The number of anilines is 1. The monoisotopic (exact) mass is 364 g/mol. The number of nitrogens with two attached hydrogens (primary N) is 1. The summed E-state index contributed by atoms with van der Waals surface area (Å²) in [6.07, 6.45) is 0.819. The van der Waals surface area contributed by atoms with Gasteiger partial charge in [-0.15, -0.1) is 0 Å². The van der Waals surface area contributed by atoms with Crippen molar-refractivity contribution in [3.8, 4) is 0 Å². The summed E-state index contributed by atoms with van der Waals surface area (Å²) >= 11 is 2.16. The Morgan fingerprint density at radius 3 is 2.50 bits per heavy atom. The van der Waals surface area contributed by atoms with Crippen molar-refractivity contribution >= 4 is 28.4 Å². The topological polar surface area (TPSA) is 64.3 Å². The first-order valence-electron chi connectivity index (χ1n) is 6.14. The Morgan fingerprint density at radius 1 is 1.28 bits per heavy atom. The second-order valence-electron chi connectivity index (χ2n) is 4.00. The largest absolute Gasteiger partial charge is 0.383 e. The van der Waals surface area contributed by atoms with Crippen LogP contribution in [0.5, 0.6) is 0 Å². The number of methoxy groups -OCH3 is 1. The van der Waals surface area contributed by atoms with Gasteiger partial charge in [0.15, 0.2) is 0 Å². The fourth-order valence-corrected chi connectivity index (χ4v) is 2.10. The van der Waals surface area contributed by atoms with Crippen molar-refractivity contribution in [2.75, 3.05) is 32.5 Å². The Morgan fingerprint density at radius 2 is 1.94 bits per heavy atom. The van der Waals surface area contributed by atoms with Gasteiger partial charge in [0.05, 0.1) is 15.9 Å². The van der Waals surface area contributed by atoms with E-state index in [0.29, 0.717) is 12.4 Å². The van der Waals surface area contributed by atoms with Crippen LogP contribution >= 0.6 is 22.6 Å². The van der Waals surface area contributed by atoms with Gasteiger partial charge < -0.3 is 15.4 Å². The van der Waals surface area contributed by atoms with E-state index in [1.165, 1.54) is 0 Å². The lowest BCUT2D eigenvalue weighted by Gasteiger charge is -2.17. The predicted molar refractivity (Wildman–Crippen MR) is 81.4 cm³/mol. The van der Waals surface area contributed by atoms with Crippen molar-refractivity contribution in [2.24, 2.45) is 0 Å². The molecule has 1 heterocycles. The Hall–Kier alpha value is -0.470. The number of rotatable bonds is 7. The van der Waals surface area contributed by atoms with E-state index in [1.54, 1.807) is 7.11 Å². The van der Waals surface area contributed by atoms with Gasteiger partial charge in [-0.1, -0.05) is 13.8 Å². The van der Waals surface area contributed by atoms with E-state index in [1.807, 2.05) is 0 Å². The first-order chi connectivity index (χ1) is 8.62. The minimum Gasteiger partial charge on any atom is -0.383 e. The van der Waals surface area contributed by atoms with Gasteiger partial charge in [0.2, 0.25) is 0 Å². The smallest absolute Gasteiger partial charge is 0.140 e. The van der Waals surface area contributed by atoms with Crippen molar-refractivity contribution < 1.29 is 4.74 Å². The number of aromatic nitrogens is 2. The molecule has 0 radical (unpaired) electrons. The number of nitrogens with zero attached hydrogens (tertiary/aromatic N) is 3. The highest BCUT2D eigenvalue weighted by Crippen LogP contribution is 2.17. The minimum absolute atomic E-state index is 0.475. The standard InChI is InChI=1S/C12H21IN4O/c1-4-17(5-2)7-6-10-15-9(8-18-3)11(13)12(14)16-10/h4-8H2,1-3H3,(H2,14,15,16). The maximum Gasteiger partial charge on any atom is 0.140 e. The zero-order valence-corrected chi connectivity index (χ0v) is 13.4. The number of hydrogen-bond acceptors (Lipinski definition) is 5. The van der Waals surface area contributed by atoms with Crippen molar-refractivity contribution in [1.82, 2.24) is 14.9 Å². The molecule has 0 aliphatic rings. The SMILES string of the molecule is CCN(CC)CCc1nc(N)c(I)c(COC)n1. The van der Waals surface area contributed by atoms with Crippen LogP contribution in [-0.4, -0.2) is 41.6 Å². The Bertz CT molecular complexity index is 383. The van der Waals surface area contributed by atoms with Gasteiger partial charge in [-0.05, 0) is 35.7 Å². The molecule has 0 unspecified atom stereocenters. The third-order valence-electron chi connectivity index (χ3n) is 2.82. The number of halogens is 1. The molecule has 0 aliphatic carbocycles. The van der Waals surface area contributed by atoms with Crippen molar-refractivity contribution in [3.63, 3.8) is 0 Å². The summed E-state index contributed by atoms with van der Waals surface area (Å²) in [6.45, 7) is 7.83. The molecule has 102 valence electrons. The summed E-state index contributed by atoms with van der Waals surface area (Å²) in [5, 5.41) is 0. The Kier molecular flexibility index (Phi) is 6.80. The molecule has 6 heteroatoms.